The summed E-state index contributed by atoms with van der Waals surface area (Å²) in [5.74, 6) is 0.613. The van der Waals surface area contributed by atoms with E-state index in [0.29, 0.717) is 10.9 Å². The Kier molecular flexibility index (Phi) is 4.23. The van der Waals surface area contributed by atoms with Crippen LogP contribution in [0.5, 0.6) is 0 Å². The highest BCUT2D eigenvalue weighted by Gasteiger charge is 2.19. The van der Waals surface area contributed by atoms with Gasteiger partial charge in [0.25, 0.3) is 0 Å². The maximum Gasteiger partial charge on any atom is 0.237 e. The van der Waals surface area contributed by atoms with Gasteiger partial charge in [0.05, 0.1) is 5.56 Å². The van der Waals surface area contributed by atoms with Gasteiger partial charge < -0.3 is 9.84 Å². The molecule has 4 heteroatoms. The van der Waals surface area contributed by atoms with Crippen molar-refractivity contribution in [1.82, 2.24) is 5.16 Å². The SMILES string of the molecule is Clc1ccc(-c2noc(Nc3ccccc3)c2-c2ccccc2)cc1. The van der Waals surface area contributed by atoms with Gasteiger partial charge in [-0.25, -0.2) is 0 Å². The number of nitrogens with one attached hydrogen (secondary N) is 1. The average Bonchev–Trinajstić information content (AvgIpc) is 3.07. The third-order valence-corrected chi connectivity index (χ3v) is 4.16. The summed E-state index contributed by atoms with van der Waals surface area (Å²) in [5.41, 5.74) is 4.63. The first-order chi connectivity index (χ1) is 12.3. The van der Waals surface area contributed by atoms with Crippen LogP contribution in [0.3, 0.4) is 0 Å². The van der Waals surface area contributed by atoms with E-state index in [1.807, 2.05) is 84.9 Å². The van der Waals surface area contributed by atoms with Crippen molar-refractivity contribution in [2.24, 2.45) is 0 Å². The predicted octanol–water partition coefficient (Wildman–Crippen LogP) is 6.41. The van der Waals surface area contributed by atoms with E-state index in [1.54, 1.807) is 0 Å². The van der Waals surface area contributed by atoms with E-state index in [-0.39, 0.29) is 0 Å². The summed E-state index contributed by atoms with van der Waals surface area (Å²) in [4.78, 5) is 0. The zero-order chi connectivity index (χ0) is 17.1. The van der Waals surface area contributed by atoms with Crippen molar-refractivity contribution in [2.75, 3.05) is 5.32 Å². The van der Waals surface area contributed by atoms with Gasteiger partial charge in [0.15, 0.2) is 0 Å². The number of rotatable bonds is 4. The predicted molar refractivity (Wildman–Crippen MR) is 102 cm³/mol. The molecule has 25 heavy (non-hydrogen) atoms. The van der Waals surface area contributed by atoms with Gasteiger partial charge in [0, 0.05) is 16.3 Å². The molecule has 0 saturated carbocycles. The topological polar surface area (TPSA) is 38.1 Å². The fraction of sp³-hybridized carbons (Fsp3) is 0. The largest absolute Gasteiger partial charge is 0.337 e. The molecular formula is C21H15ClN2O. The Bertz CT molecular complexity index is 964. The van der Waals surface area contributed by atoms with Crippen LogP contribution in [0.4, 0.5) is 11.6 Å². The molecule has 0 atom stereocenters. The molecule has 0 aliphatic heterocycles. The highest BCUT2D eigenvalue weighted by Crippen LogP contribution is 2.39. The van der Waals surface area contributed by atoms with Crippen LogP contribution in [0.1, 0.15) is 0 Å². The van der Waals surface area contributed by atoms with Gasteiger partial charge in [-0.2, -0.15) is 0 Å². The molecule has 4 rings (SSSR count). The number of para-hydroxylation sites is 1. The minimum absolute atomic E-state index is 0.613. The number of hydrogen-bond acceptors (Lipinski definition) is 3. The van der Waals surface area contributed by atoms with Crippen LogP contribution in [0.25, 0.3) is 22.4 Å². The molecule has 0 saturated heterocycles. The molecule has 122 valence electrons. The molecule has 0 unspecified atom stereocenters. The van der Waals surface area contributed by atoms with E-state index >= 15 is 0 Å². The number of halogens is 1. The highest BCUT2D eigenvalue weighted by molar-refractivity contribution is 6.30. The summed E-state index contributed by atoms with van der Waals surface area (Å²) in [6.07, 6.45) is 0. The van der Waals surface area contributed by atoms with Crippen LogP contribution in [0.15, 0.2) is 89.5 Å². The molecule has 3 aromatic carbocycles. The van der Waals surface area contributed by atoms with Crippen molar-refractivity contribution in [3.05, 3.63) is 90.0 Å². The Morgan fingerprint density at radius 2 is 1.36 bits per heavy atom. The second-order valence-electron chi connectivity index (χ2n) is 5.60. The quantitative estimate of drug-likeness (QED) is 0.464. The van der Waals surface area contributed by atoms with Gasteiger partial charge in [-0.05, 0) is 29.8 Å². The lowest BCUT2D eigenvalue weighted by atomic mass is 10.0. The van der Waals surface area contributed by atoms with Crippen molar-refractivity contribution in [2.45, 2.75) is 0 Å². The van der Waals surface area contributed by atoms with Crippen LogP contribution >= 0.6 is 11.6 Å². The lowest BCUT2D eigenvalue weighted by Gasteiger charge is -2.07. The van der Waals surface area contributed by atoms with Crippen molar-refractivity contribution < 1.29 is 4.52 Å². The van der Waals surface area contributed by atoms with Crippen molar-refractivity contribution in [3.63, 3.8) is 0 Å². The second-order valence-corrected chi connectivity index (χ2v) is 6.04. The number of anilines is 2. The molecule has 1 aromatic heterocycles. The third-order valence-electron chi connectivity index (χ3n) is 3.90. The zero-order valence-electron chi connectivity index (χ0n) is 13.3. The maximum atomic E-state index is 6.01. The lowest BCUT2D eigenvalue weighted by Crippen LogP contribution is -1.91. The number of aromatic nitrogens is 1. The Hall–Kier alpha value is -3.04. The van der Waals surface area contributed by atoms with E-state index in [0.717, 1.165) is 28.1 Å². The fourth-order valence-corrected chi connectivity index (χ4v) is 2.83. The number of hydrogen-bond donors (Lipinski definition) is 1. The van der Waals surface area contributed by atoms with Gasteiger partial charge in [0.2, 0.25) is 5.88 Å². The molecule has 4 aromatic rings. The molecule has 0 amide bonds. The third kappa shape index (κ3) is 3.28. The Morgan fingerprint density at radius 1 is 0.720 bits per heavy atom. The zero-order valence-corrected chi connectivity index (χ0v) is 14.1. The van der Waals surface area contributed by atoms with Crippen LogP contribution in [-0.2, 0) is 0 Å². The minimum Gasteiger partial charge on any atom is -0.337 e. The molecule has 0 aliphatic rings. The normalized spacial score (nSPS) is 10.6. The molecular weight excluding hydrogens is 332 g/mol. The molecule has 0 aliphatic carbocycles. The summed E-state index contributed by atoms with van der Waals surface area (Å²) in [6, 6.07) is 27.6. The van der Waals surface area contributed by atoms with Gasteiger partial charge in [-0.1, -0.05) is 77.4 Å². The smallest absolute Gasteiger partial charge is 0.237 e. The first-order valence-electron chi connectivity index (χ1n) is 7.94. The second kappa shape index (κ2) is 6.83. The van der Waals surface area contributed by atoms with Crippen molar-refractivity contribution in [3.8, 4) is 22.4 Å². The van der Waals surface area contributed by atoms with Gasteiger partial charge in [-0.15, -0.1) is 0 Å². The monoisotopic (exact) mass is 346 g/mol. The van der Waals surface area contributed by atoms with Crippen molar-refractivity contribution >= 4 is 23.2 Å². The summed E-state index contributed by atoms with van der Waals surface area (Å²) in [6.45, 7) is 0. The van der Waals surface area contributed by atoms with E-state index in [4.69, 9.17) is 16.1 Å². The van der Waals surface area contributed by atoms with Gasteiger partial charge >= 0.3 is 0 Å². The van der Waals surface area contributed by atoms with Crippen LogP contribution in [-0.4, -0.2) is 5.16 Å². The van der Waals surface area contributed by atoms with E-state index in [1.165, 1.54) is 0 Å². The first kappa shape index (κ1) is 15.5. The van der Waals surface area contributed by atoms with Crippen LogP contribution in [0.2, 0.25) is 5.02 Å². The summed E-state index contributed by atoms with van der Waals surface area (Å²) in [5, 5.41) is 8.32. The van der Waals surface area contributed by atoms with E-state index in [9.17, 15) is 0 Å². The Morgan fingerprint density at radius 3 is 2.04 bits per heavy atom. The Labute approximate surface area is 150 Å². The number of nitrogens with zero attached hydrogens (tertiary/aromatic N) is 1. The minimum atomic E-state index is 0.613. The Balaban J connectivity index is 1.83. The van der Waals surface area contributed by atoms with E-state index < -0.39 is 0 Å². The molecule has 1 N–H and O–H groups in total. The molecule has 0 spiro atoms. The molecule has 1 heterocycles. The van der Waals surface area contributed by atoms with E-state index in [2.05, 4.69) is 10.5 Å². The summed E-state index contributed by atoms with van der Waals surface area (Å²) < 4.78 is 5.64. The van der Waals surface area contributed by atoms with Crippen LogP contribution < -0.4 is 5.32 Å². The lowest BCUT2D eigenvalue weighted by molar-refractivity contribution is 0.438. The molecule has 0 bridgehead atoms. The van der Waals surface area contributed by atoms with Crippen LogP contribution in [0, 0.1) is 0 Å². The number of benzene rings is 3. The fourth-order valence-electron chi connectivity index (χ4n) is 2.71. The molecule has 3 nitrogen and oxygen atoms in total. The molecule has 0 fully saturated rings. The van der Waals surface area contributed by atoms with Gasteiger partial charge in [-0.3, -0.25) is 0 Å². The molecule has 0 radical (unpaired) electrons. The first-order valence-corrected chi connectivity index (χ1v) is 8.32. The maximum absolute atomic E-state index is 6.01. The average molecular weight is 347 g/mol. The standard InChI is InChI=1S/C21H15ClN2O/c22-17-13-11-16(12-14-17)20-19(15-7-3-1-4-8-15)21(25-24-20)23-18-9-5-2-6-10-18/h1-14,23H. The summed E-state index contributed by atoms with van der Waals surface area (Å²) in [7, 11) is 0. The summed E-state index contributed by atoms with van der Waals surface area (Å²) >= 11 is 6.01. The van der Waals surface area contributed by atoms with Crippen molar-refractivity contribution in [1.29, 1.82) is 0 Å². The highest BCUT2D eigenvalue weighted by atomic mass is 35.5. The van der Waals surface area contributed by atoms with Gasteiger partial charge in [0.1, 0.15) is 5.69 Å².